The molecule has 0 unspecified atom stereocenters. The summed E-state index contributed by atoms with van der Waals surface area (Å²) in [4.78, 5) is 0. The van der Waals surface area contributed by atoms with Gasteiger partial charge in [0, 0.05) is 0 Å². The number of rotatable bonds is 1. The summed E-state index contributed by atoms with van der Waals surface area (Å²) in [5, 5.41) is 9.41. The van der Waals surface area contributed by atoms with Crippen molar-refractivity contribution < 1.29 is 5.11 Å². The molecule has 2 aromatic rings. The zero-order valence-corrected chi connectivity index (χ0v) is 9.91. The molecule has 0 spiro atoms. The van der Waals surface area contributed by atoms with Crippen LogP contribution >= 0.6 is 0 Å². The summed E-state index contributed by atoms with van der Waals surface area (Å²) in [7, 11) is 0. The number of phenols is 1. The minimum Gasteiger partial charge on any atom is -0.508 e. The van der Waals surface area contributed by atoms with Crippen molar-refractivity contribution in [2.24, 2.45) is 0 Å². The summed E-state index contributed by atoms with van der Waals surface area (Å²) >= 11 is 0. The average Bonchev–Trinajstić information content (AvgIpc) is 2.23. The van der Waals surface area contributed by atoms with Crippen molar-refractivity contribution in [2.75, 3.05) is 0 Å². The third-order valence-electron chi connectivity index (χ3n) is 3.10. The summed E-state index contributed by atoms with van der Waals surface area (Å²) in [6.45, 7) is 6.28. The molecule has 1 nitrogen and oxygen atoms in total. The van der Waals surface area contributed by atoms with Crippen LogP contribution in [0, 0.1) is 20.8 Å². The Morgan fingerprint density at radius 1 is 0.812 bits per heavy atom. The summed E-state index contributed by atoms with van der Waals surface area (Å²) in [6.07, 6.45) is 0. The predicted molar refractivity (Wildman–Crippen MR) is 67.8 cm³/mol. The van der Waals surface area contributed by atoms with Crippen LogP contribution in [0.3, 0.4) is 0 Å². The first-order valence-corrected chi connectivity index (χ1v) is 5.46. The molecule has 0 aliphatic rings. The van der Waals surface area contributed by atoms with E-state index in [2.05, 4.69) is 32.0 Å². The second-order valence-electron chi connectivity index (χ2n) is 4.25. The van der Waals surface area contributed by atoms with Crippen LogP contribution < -0.4 is 0 Å². The molecule has 0 aromatic heterocycles. The number of hydrogen-bond donors (Lipinski definition) is 1. The number of phenolic OH excluding ortho intramolecular Hbond substituents is 1. The highest BCUT2D eigenvalue weighted by molar-refractivity contribution is 5.72. The van der Waals surface area contributed by atoms with E-state index in [0.29, 0.717) is 5.75 Å². The fraction of sp³-hybridized carbons (Fsp3) is 0.200. The van der Waals surface area contributed by atoms with Crippen molar-refractivity contribution in [3.63, 3.8) is 0 Å². The van der Waals surface area contributed by atoms with E-state index < -0.39 is 0 Å². The highest BCUT2D eigenvalue weighted by Gasteiger charge is 2.06. The number of hydrogen-bond acceptors (Lipinski definition) is 1. The van der Waals surface area contributed by atoms with Gasteiger partial charge in [-0.15, -0.1) is 0 Å². The van der Waals surface area contributed by atoms with Gasteiger partial charge in [-0.3, -0.25) is 0 Å². The highest BCUT2D eigenvalue weighted by Crippen LogP contribution is 2.30. The molecule has 0 aliphatic carbocycles. The molecule has 0 amide bonds. The first-order chi connectivity index (χ1) is 7.59. The largest absolute Gasteiger partial charge is 0.508 e. The third-order valence-corrected chi connectivity index (χ3v) is 3.10. The van der Waals surface area contributed by atoms with Crippen molar-refractivity contribution in [3.8, 4) is 16.9 Å². The second-order valence-corrected chi connectivity index (χ2v) is 4.25. The maximum atomic E-state index is 9.41. The fourth-order valence-electron chi connectivity index (χ4n) is 1.99. The first-order valence-electron chi connectivity index (χ1n) is 5.46. The fourth-order valence-corrected chi connectivity index (χ4v) is 1.99. The smallest absolute Gasteiger partial charge is 0.115 e. The number of benzene rings is 2. The molecule has 0 radical (unpaired) electrons. The number of aryl methyl sites for hydroxylation is 2. The van der Waals surface area contributed by atoms with Gasteiger partial charge in [0.2, 0.25) is 0 Å². The predicted octanol–water partition coefficient (Wildman–Crippen LogP) is 3.98. The van der Waals surface area contributed by atoms with Crippen LogP contribution in [-0.2, 0) is 0 Å². The highest BCUT2D eigenvalue weighted by atomic mass is 16.3. The van der Waals surface area contributed by atoms with Gasteiger partial charge in [0.1, 0.15) is 5.75 Å². The molecule has 0 atom stereocenters. The van der Waals surface area contributed by atoms with Crippen LogP contribution in [0.4, 0.5) is 0 Å². The van der Waals surface area contributed by atoms with Crippen LogP contribution in [0.2, 0.25) is 0 Å². The molecule has 0 fully saturated rings. The van der Waals surface area contributed by atoms with Crippen molar-refractivity contribution >= 4 is 0 Å². The van der Waals surface area contributed by atoms with Gasteiger partial charge in [0.25, 0.3) is 0 Å². The maximum absolute atomic E-state index is 9.41. The molecule has 16 heavy (non-hydrogen) atoms. The van der Waals surface area contributed by atoms with Crippen molar-refractivity contribution in [2.45, 2.75) is 20.8 Å². The van der Waals surface area contributed by atoms with E-state index in [1.165, 1.54) is 22.3 Å². The van der Waals surface area contributed by atoms with Gasteiger partial charge in [-0.2, -0.15) is 0 Å². The SMILES string of the molecule is Cc1cc(O)ccc1-c1cccc(C)c1C. The van der Waals surface area contributed by atoms with E-state index >= 15 is 0 Å². The molecule has 0 saturated carbocycles. The van der Waals surface area contributed by atoms with Gasteiger partial charge in [0.15, 0.2) is 0 Å². The summed E-state index contributed by atoms with van der Waals surface area (Å²) in [5.74, 6) is 0.326. The normalized spacial score (nSPS) is 10.4. The van der Waals surface area contributed by atoms with Gasteiger partial charge in [-0.25, -0.2) is 0 Å². The van der Waals surface area contributed by atoms with E-state index in [0.717, 1.165) is 5.56 Å². The lowest BCUT2D eigenvalue weighted by Crippen LogP contribution is -1.89. The van der Waals surface area contributed by atoms with E-state index in [1.54, 1.807) is 12.1 Å². The van der Waals surface area contributed by atoms with E-state index in [9.17, 15) is 5.11 Å². The quantitative estimate of drug-likeness (QED) is 0.758. The summed E-state index contributed by atoms with van der Waals surface area (Å²) in [5.41, 5.74) is 6.14. The minimum atomic E-state index is 0.326. The van der Waals surface area contributed by atoms with Crippen LogP contribution in [0.1, 0.15) is 16.7 Å². The van der Waals surface area contributed by atoms with Crippen molar-refractivity contribution in [3.05, 3.63) is 53.1 Å². The molecular formula is C15H16O. The Kier molecular flexibility index (Phi) is 2.69. The Bertz CT molecular complexity index is 527. The third kappa shape index (κ3) is 1.81. The lowest BCUT2D eigenvalue weighted by Gasteiger charge is -2.11. The Morgan fingerprint density at radius 2 is 1.56 bits per heavy atom. The molecule has 0 heterocycles. The van der Waals surface area contributed by atoms with Gasteiger partial charge < -0.3 is 5.11 Å². The minimum absolute atomic E-state index is 0.326. The van der Waals surface area contributed by atoms with E-state index in [-0.39, 0.29) is 0 Å². The number of aromatic hydroxyl groups is 1. The lowest BCUT2D eigenvalue weighted by molar-refractivity contribution is 0.475. The van der Waals surface area contributed by atoms with Crippen LogP contribution in [0.15, 0.2) is 36.4 Å². The zero-order valence-electron chi connectivity index (χ0n) is 9.91. The Morgan fingerprint density at radius 3 is 2.25 bits per heavy atom. The monoisotopic (exact) mass is 212 g/mol. The molecule has 0 bridgehead atoms. The molecule has 82 valence electrons. The second kappa shape index (κ2) is 4.01. The maximum Gasteiger partial charge on any atom is 0.115 e. The van der Waals surface area contributed by atoms with E-state index in [1.807, 2.05) is 13.0 Å². The zero-order chi connectivity index (χ0) is 11.7. The van der Waals surface area contributed by atoms with Gasteiger partial charge in [-0.1, -0.05) is 24.3 Å². The van der Waals surface area contributed by atoms with Gasteiger partial charge in [0.05, 0.1) is 0 Å². The Balaban J connectivity index is 2.63. The van der Waals surface area contributed by atoms with Crippen LogP contribution in [-0.4, -0.2) is 5.11 Å². The van der Waals surface area contributed by atoms with Crippen molar-refractivity contribution in [1.29, 1.82) is 0 Å². The summed E-state index contributed by atoms with van der Waals surface area (Å²) in [6, 6.07) is 11.8. The topological polar surface area (TPSA) is 20.2 Å². The molecule has 2 rings (SSSR count). The van der Waals surface area contributed by atoms with E-state index in [4.69, 9.17) is 0 Å². The first kappa shape index (κ1) is 10.7. The molecular weight excluding hydrogens is 196 g/mol. The van der Waals surface area contributed by atoms with Crippen LogP contribution in [0.5, 0.6) is 5.75 Å². The molecule has 1 heteroatoms. The summed E-state index contributed by atoms with van der Waals surface area (Å²) < 4.78 is 0. The average molecular weight is 212 g/mol. The van der Waals surface area contributed by atoms with Gasteiger partial charge in [-0.05, 0) is 60.7 Å². The lowest BCUT2D eigenvalue weighted by atomic mass is 9.94. The Hall–Kier alpha value is -1.76. The van der Waals surface area contributed by atoms with Crippen LogP contribution in [0.25, 0.3) is 11.1 Å². The molecule has 0 saturated heterocycles. The Labute approximate surface area is 96.4 Å². The molecule has 0 aliphatic heterocycles. The van der Waals surface area contributed by atoms with Crippen molar-refractivity contribution in [1.82, 2.24) is 0 Å². The standard InChI is InChI=1S/C15H16O/c1-10-5-4-6-15(12(10)3)14-8-7-13(16)9-11(14)2/h4-9,16H,1-3H3. The van der Waals surface area contributed by atoms with Gasteiger partial charge >= 0.3 is 0 Å². The molecule has 1 N–H and O–H groups in total. The molecule has 2 aromatic carbocycles.